The first-order valence-electron chi connectivity index (χ1n) is 5.01. The van der Waals surface area contributed by atoms with Crippen molar-refractivity contribution in [2.24, 2.45) is 11.8 Å². The Labute approximate surface area is 73.8 Å². The van der Waals surface area contributed by atoms with Crippen molar-refractivity contribution in [3.8, 4) is 0 Å². The molecule has 0 amide bonds. The van der Waals surface area contributed by atoms with Crippen LogP contribution < -0.4 is 0 Å². The molecule has 0 bridgehead atoms. The van der Waals surface area contributed by atoms with E-state index in [1.807, 2.05) is 6.08 Å². The Hall–Kier alpha value is -0.590. The monoisotopic (exact) mass is 164 g/mol. The molecule has 0 N–H and O–H groups in total. The van der Waals surface area contributed by atoms with Crippen LogP contribution in [0.4, 0.5) is 0 Å². The van der Waals surface area contributed by atoms with E-state index in [1.54, 1.807) is 0 Å². The van der Waals surface area contributed by atoms with Gasteiger partial charge in [0.05, 0.1) is 0 Å². The lowest BCUT2D eigenvalue weighted by atomic mass is 9.90. The average Bonchev–Trinajstić information content (AvgIpc) is 2.33. The van der Waals surface area contributed by atoms with E-state index in [4.69, 9.17) is 0 Å². The van der Waals surface area contributed by atoms with Crippen molar-refractivity contribution < 1.29 is 4.79 Å². The normalized spacial score (nSPS) is 35.8. The van der Waals surface area contributed by atoms with Gasteiger partial charge in [0, 0.05) is 6.42 Å². The number of allylic oxidation sites excluding steroid dienone is 2. The standard InChI is InChI=1S/C11H16O/c1-8-4-2-3-5-9-6-10(12)7-11(8)9/h7-9H,2-6H2,1H3/t8-,9-/m0/s1. The maximum absolute atomic E-state index is 11.2. The lowest BCUT2D eigenvalue weighted by molar-refractivity contribution is -0.114. The third-order valence-electron chi connectivity index (χ3n) is 3.26. The number of hydrogen-bond acceptors (Lipinski definition) is 1. The van der Waals surface area contributed by atoms with Crippen LogP contribution in [0.2, 0.25) is 0 Å². The minimum absolute atomic E-state index is 0.365. The molecule has 66 valence electrons. The van der Waals surface area contributed by atoms with E-state index in [-0.39, 0.29) is 0 Å². The van der Waals surface area contributed by atoms with Crippen molar-refractivity contribution >= 4 is 5.78 Å². The first-order chi connectivity index (χ1) is 5.77. The van der Waals surface area contributed by atoms with Gasteiger partial charge >= 0.3 is 0 Å². The van der Waals surface area contributed by atoms with Crippen molar-refractivity contribution in [2.75, 3.05) is 0 Å². The summed E-state index contributed by atoms with van der Waals surface area (Å²) in [5.74, 6) is 1.66. The highest BCUT2D eigenvalue weighted by Crippen LogP contribution is 2.38. The molecule has 0 unspecified atom stereocenters. The van der Waals surface area contributed by atoms with Gasteiger partial charge in [-0.2, -0.15) is 0 Å². The molecule has 0 heterocycles. The molecule has 1 fully saturated rings. The van der Waals surface area contributed by atoms with E-state index in [2.05, 4.69) is 6.92 Å². The van der Waals surface area contributed by atoms with E-state index in [0.29, 0.717) is 17.6 Å². The third kappa shape index (κ3) is 1.33. The zero-order chi connectivity index (χ0) is 8.55. The van der Waals surface area contributed by atoms with Gasteiger partial charge in [-0.1, -0.05) is 25.3 Å². The highest BCUT2D eigenvalue weighted by atomic mass is 16.1. The molecule has 12 heavy (non-hydrogen) atoms. The van der Waals surface area contributed by atoms with Crippen LogP contribution >= 0.6 is 0 Å². The molecule has 0 aliphatic heterocycles. The van der Waals surface area contributed by atoms with Gasteiger partial charge in [-0.3, -0.25) is 4.79 Å². The number of fused-ring (bicyclic) bond motifs is 1. The highest BCUT2D eigenvalue weighted by Gasteiger charge is 2.29. The smallest absolute Gasteiger partial charge is 0.156 e. The van der Waals surface area contributed by atoms with E-state index in [9.17, 15) is 4.79 Å². The average molecular weight is 164 g/mol. The molecule has 0 spiro atoms. The summed E-state index contributed by atoms with van der Waals surface area (Å²) < 4.78 is 0. The second-order valence-corrected chi connectivity index (χ2v) is 4.20. The molecular formula is C11H16O. The van der Waals surface area contributed by atoms with Crippen LogP contribution in [0.15, 0.2) is 11.6 Å². The Bertz CT molecular complexity index is 227. The summed E-state index contributed by atoms with van der Waals surface area (Å²) in [6.45, 7) is 2.27. The van der Waals surface area contributed by atoms with Crippen LogP contribution in [0.3, 0.4) is 0 Å². The Balaban J connectivity index is 2.21. The van der Waals surface area contributed by atoms with Crippen molar-refractivity contribution in [2.45, 2.75) is 39.0 Å². The fourth-order valence-electron chi connectivity index (χ4n) is 2.54. The molecule has 0 saturated heterocycles. The first-order valence-corrected chi connectivity index (χ1v) is 5.01. The van der Waals surface area contributed by atoms with Gasteiger partial charge in [-0.25, -0.2) is 0 Å². The molecule has 1 heteroatoms. The van der Waals surface area contributed by atoms with E-state index in [0.717, 1.165) is 6.42 Å². The van der Waals surface area contributed by atoms with Crippen molar-refractivity contribution in [3.63, 3.8) is 0 Å². The minimum Gasteiger partial charge on any atom is -0.295 e. The van der Waals surface area contributed by atoms with E-state index >= 15 is 0 Å². The molecule has 0 aromatic heterocycles. The molecule has 1 saturated carbocycles. The Kier molecular flexibility index (Phi) is 2.03. The molecule has 2 aliphatic carbocycles. The number of hydrogen-bond donors (Lipinski definition) is 0. The summed E-state index contributed by atoms with van der Waals surface area (Å²) in [6, 6.07) is 0. The number of rotatable bonds is 0. The van der Waals surface area contributed by atoms with Crippen LogP contribution in [0.1, 0.15) is 39.0 Å². The molecule has 0 aromatic rings. The predicted molar refractivity (Wildman–Crippen MR) is 48.8 cm³/mol. The fraction of sp³-hybridized carbons (Fsp3) is 0.727. The zero-order valence-electron chi connectivity index (χ0n) is 7.68. The molecule has 2 atom stereocenters. The van der Waals surface area contributed by atoms with Gasteiger partial charge in [0.25, 0.3) is 0 Å². The van der Waals surface area contributed by atoms with E-state index in [1.165, 1.54) is 31.3 Å². The van der Waals surface area contributed by atoms with E-state index < -0.39 is 0 Å². The fourth-order valence-corrected chi connectivity index (χ4v) is 2.54. The summed E-state index contributed by atoms with van der Waals surface area (Å²) in [4.78, 5) is 11.2. The molecule has 2 rings (SSSR count). The van der Waals surface area contributed by atoms with Crippen LogP contribution in [-0.4, -0.2) is 5.78 Å². The lowest BCUT2D eigenvalue weighted by Gasteiger charge is -2.14. The van der Waals surface area contributed by atoms with Crippen LogP contribution in [0, 0.1) is 11.8 Å². The molecular weight excluding hydrogens is 148 g/mol. The number of carbonyl (C=O) groups excluding carboxylic acids is 1. The van der Waals surface area contributed by atoms with Crippen molar-refractivity contribution in [1.29, 1.82) is 0 Å². The first kappa shape index (κ1) is 8.03. The van der Waals surface area contributed by atoms with Crippen LogP contribution in [0.5, 0.6) is 0 Å². The van der Waals surface area contributed by atoms with Crippen LogP contribution in [-0.2, 0) is 4.79 Å². The van der Waals surface area contributed by atoms with Gasteiger partial charge in [-0.15, -0.1) is 0 Å². The number of carbonyl (C=O) groups is 1. The SMILES string of the molecule is C[C@H]1CCCC[C@H]2CC(=O)C=C21. The Morgan fingerprint density at radius 2 is 2.08 bits per heavy atom. The molecule has 1 nitrogen and oxygen atoms in total. The van der Waals surface area contributed by atoms with Gasteiger partial charge in [0.15, 0.2) is 5.78 Å². The quantitative estimate of drug-likeness (QED) is 0.538. The van der Waals surface area contributed by atoms with Crippen LogP contribution in [0.25, 0.3) is 0 Å². The lowest BCUT2D eigenvalue weighted by Crippen LogP contribution is -2.03. The van der Waals surface area contributed by atoms with Gasteiger partial charge in [0.2, 0.25) is 0 Å². The topological polar surface area (TPSA) is 17.1 Å². The predicted octanol–water partition coefficient (Wildman–Crippen LogP) is 2.71. The highest BCUT2D eigenvalue weighted by molar-refractivity contribution is 5.93. The molecule has 0 radical (unpaired) electrons. The Morgan fingerprint density at radius 1 is 1.33 bits per heavy atom. The zero-order valence-corrected chi connectivity index (χ0v) is 7.68. The van der Waals surface area contributed by atoms with Gasteiger partial charge in [0.1, 0.15) is 0 Å². The summed E-state index contributed by atoms with van der Waals surface area (Å²) in [7, 11) is 0. The maximum atomic E-state index is 11.2. The summed E-state index contributed by atoms with van der Waals surface area (Å²) in [6.07, 6.45) is 7.93. The second kappa shape index (κ2) is 3.04. The van der Waals surface area contributed by atoms with Crippen molar-refractivity contribution in [3.05, 3.63) is 11.6 Å². The largest absolute Gasteiger partial charge is 0.295 e. The van der Waals surface area contributed by atoms with Gasteiger partial charge in [-0.05, 0) is 30.8 Å². The third-order valence-corrected chi connectivity index (χ3v) is 3.26. The minimum atomic E-state index is 0.365. The molecule has 0 aromatic carbocycles. The maximum Gasteiger partial charge on any atom is 0.156 e. The number of ketones is 1. The summed E-state index contributed by atoms with van der Waals surface area (Å²) >= 11 is 0. The van der Waals surface area contributed by atoms with Gasteiger partial charge < -0.3 is 0 Å². The summed E-state index contributed by atoms with van der Waals surface area (Å²) in [5.41, 5.74) is 1.46. The van der Waals surface area contributed by atoms with Crippen molar-refractivity contribution in [1.82, 2.24) is 0 Å². The Morgan fingerprint density at radius 3 is 2.92 bits per heavy atom. The second-order valence-electron chi connectivity index (χ2n) is 4.20. The summed E-state index contributed by atoms with van der Waals surface area (Å²) in [5, 5.41) is 0. The molecule has 2 aliphatic rings.